The summed E-state index contributed by atoms with van der Waals surface area (Å²) in [5.74, 6) is -0.932. The molecule has 0 amide bonds. The van der Waals surface area contributed by atoms with Crippen LogP contribution in [-0.4, -0.2) is 36.0 Å². The van der Waals surface area contributed by atoms with Crippen LogP contribution in [0.2, 0.25) is 10.0 Å². The first kappa shape index (κ1) is 15.0. The van der Waals surface area contributed by atoms with Crippen molar-refractivity contribution >= 4 is 40.0 Å². The number of aromatic nitrogens is 3. The summed E-state index contributed by atoms with van der Waals surface area (Å²) >= 11 is 11.8. The number of carboxylic acids is 1. The Hall–Kier alpha value is -1.44. The van der Waals surface area contributed by atoms with E-state index in [1.54, 1.807) is 18.2 Å². The number of carboxylic acid groups (broad SMARTS) is 1. The predicted octanol–water partition coefficient (Wildman–Crippen LogP) is 2.09. The third-order valence-electron chi connectivity index (χ3n) is 2.40. The van der Waals surface area contributed by atoms with Crippen LogP contribution in [0, 0.1) is 0 Å². The maximum atomic E-state index is 12.1. The molecule has 1 aromatic carbocycles. The molecular formula is C11H9Cl2N3O3S. The number of benzene rings is 1. The average molecular weight is 334 g/mol. The van der Waals surface area contributed by atoms with Gasteiger partial charge in [-0.25, -0.2) is 4.79 Å². The van der Waals surface area contributed by atoms with Gasteiger partial charge in [0.1, 0.15) is 0 Å². The summed E-state index contributed by atoms with van der Waals surface area (Å²) in [6.07, 6.45) is 1.28. The summed E-state index contributed by atoms with van der Waals surface area (Å²) in [6, 6.07) is 4.74. The van der Waals surface area contributed by atoms with Crippen LogP contribution in [0.5, 0.6) is 0 Å². The third-order valence-corrected chi connectivity index (χ3v) is 4.46. The van der Waals surface area contributed by atoms with E-state index in [1.165, 1.54) is 10.9 Å². The van der Waals surface area contributed by atoms with Crippen molar-refractivity contribution in [1.82, 2.24) is 15.0 Å². The van der Waals surface area contributed by atoms with Crippen molar-refractivity contribution in [2.75, 3.05) is 5.75 Å². The number of hydrogen-bond acceptors (Lipinski definition) is 4. The fourth-order valence-corrected chi connectivity index (χ4v) is 3.17. The van der Waals surface area contributed by atoms with E-state index in [0.29, 0.717) is 14.9 Å². The van der Waals surface area contributed by atoms with E-state index >= 15 is 0 Å². The van der Waals surface area contributed by atoms with Gasteiger partial charge in [-0.1, -0.05) is 28.4 Å². The Kier molecular flexibility index (Phi) is 4.74. The maximum absolute atomic E-state index is 12.1. The van der Waals surface area contributed by atoms with Crippen molar-refractivity contribution in [2.45, 2.75) is 11.4 Å². The van der Waals surface area contributed by atoms with Crippen LogP contribution in [0.3, 0.4) is 0 Å². The Morgan fingerprint density at radius 2 is 2.15 bits per heavy atom. The Labute approximate surface area is 126 Å². The number of aromatic carboxylic acids is 1. The number of rotatable bonds is 5. The highest BCUT2D eigenvalue weighted by Crippen LogP contribution is 2.23. The van der Waals surface area contributed by atoms with Crippen molar-refractivity contribution < 1.29 is 14.1 Å². The first-order valence-electron chi connectivity index (χ1n) is 5.44. The smallest absolute Gasteiger partial charge is 0.358 e. The molecule has 0 aliphatic carbocycles. The molecule has 106 valence electrons. The van der Waals surface area contributed by atoms with Crippen LogP contribution >= 0.6 is 23.2 Å². The first-order chi connectivity index (χ1) is 9.47. The summed E-state index contributed by atoms with van der Waals surface area (Å²) in [7, 11) is -1.36. The van der Waals surface area contributed by atoms with Gasteiger partial charge in [0, 0.05) is 10.8 Å². The van der Waals surface area contributed by atoms with Crippen molar-refractivity contribution in [1.29, 1.82) is 0 Å². The van der Waals surface area contributed by atoms with Crippen LogP contribution in [0.15, 0.2) is 29.3 Å². The van der Waals surface area contributed by atoms with Crippen LogP contribution in [0.4, 0.5) is 0 Å². The Bertz CT molecular complexity index is 675. The van der Waals surface area contributed by atoms with Gasteiger partial charge in [0.25, 0.3) is 0 Å². The quantitative estimate of drug-likeness (QED) is 0.905. The second-order valence-corrected chi connectivity index (χ2v) is 6.18. The third kappa shape index (κ3) is 3.56. The second kappa shape index (κ2) is 6.34. The molecule has 9 heteroatoms. The molecule has 0 spiro atoms. The Morgan fingerprint density at radius 3 is 2.80 bits per heavy atom. The SMILES string of the molecule is O=C(O)c1cn(CCS(=O)c2cc(Cl)ccc2Cl)nn1. The minimum atomic E-state index is -1.36. The summed E-state index contributed by atoms with van der Waals surface area (Å²) in [6.45, 7) is 0.260. The Morgan fingerprint density at radius 1 is 1.40 bits per heavy atom. The van der Waals surface area contributed by atoms with Gasteiger partial charge in [0.05, 0.1) is 33.5 Å². The predicted molar refractivity (Wildman–Crippen MR) is 74.7 cm³/mol. The topological polar surface area (TPSA) is 85.1 Å². The van der Waals surface area contributed by atoms with E-state index in [9.17, 15) is 9.00 Å². The van der Waals surface area contributed by atoms with Gasteiger partial charge in [-0.2, -0.15) is 0 Å². The average Bonchev–Trinajstić information content (AvgIpc) is 2.88. The van der Waals surface area contributed by atoms with E-state index in [1.807, 2.05) is 0 Å². The second-order valence-electron chi connectivity index (χ2n) is 3.80. The summed E-state index contributed by atoms with van der Waals surface area (Å²) in [5.41, 5.74) is -0.156. The first-order valence-corrected chi connectivity index (χ1v) is 7.51. The largest absolute Gasteiger partial charge is 0.476 e. The lowest BCUT2D eigenvalue weighted by molar-refractivity contribution is 0.0690. The normalized spacial score (nSPS) is 12.3. The summed E-state index contributed by atoms with van der Waals surface area (Å²) < 4.78 is 13.4. The van der Waals surface area contributed by atoms with E-state index in [2.05, 4.69) is 10.3 Å². The lowest BCUT2D eigenvalue weighted by Gasteiger charge is -2.05. The highest BCUT2D eigenvalue weighted by atomic mass is 35.5. The number of hydrogen-bond donors (Lipinski definition) is 1. The monoisotopic (exact) mass is 333 g/mol. The molecular weight excluding hydrogens is 325 g/mol. The minimum Gasteiger partial charge on any atom is -0.476 e. The molecule has 0 saturated heterocycles. The molecule has 1 aromatic heterocycles. The fourth-order valence-electron chi connectivity index (χ4n) is 1.44. The molecule has 0 saturated carbocycles. The molecule has 0 radical (unpaired) electrons. The van der Waals surface area contributed by atoms with Crippen molar-refractivity contribution in [3.63, 3.8) is 0 Å². The van der Waals surface area contributed by atoms with Gasteiger partial charge in [-0.3, -0.25) is 8.89 Å². The maximum Gasteiger partial charge on any atom is 0.358 e. The molecule has 0 aliphatic heterocycles. The number of nitrogens with zero attached hydrogens (tertiary/aromatic N) is 3. The lowest BCUT2D eigenvalue weighted by Crippen LogP contribution is -2.09. The number of carbonyl (C=O) groups is 1. The molecule has 1 unspecified atom stereocenters. The van der Waals surface area contributed by atoms with E-state index in [0.717, 1.165) is 0 Å². The molecule has 0 bridgehead atoms. The van der Waals surface area contributed by atoms with Crippen molar-refractivity contribution in [3.8, 4) is 0 Å². The van der Waals surface area contributed by atoms with Crippen LogP contribution < -0.4 is 0 Å². The molecule has 20 heavy (non-hydrogen) atoms. The van der Waals surface area contributed by atoms with Crippen LogP contribution in [0.25, 0.3) is 0 Å². The minimum absolute atomic E-state index is 0.156. The van der Waals surface area contributed by atoms with Crippen molar-refractivity contribution in [2.24, 2.45) is 0 Å². The van der Waals surface area contributed by atoms with Crippen molar-refractivity contribution in [3.05, 3.63) is 40.1 Å². The summed E-state index contributed by atoms with van der Waals surface area (Å²) in [5, 5.41) is 16.6. The van der Waals surface area contributed by atoms with E-state index < -0.39 is 16.8 Å². The zero-order valence-electron chi connectivity index (χ0n) is 9.99. The highest BCUT2D eigenvalue weighted by molar-refractivity contribution is 7.85. The summed E-state index contributed by atoms with van der Waals surface area (Å²) in [4.78, 5) is 11.1. The van der Waals surface area contributed by atoms with Gasteiger partial charge in [-0.05, 0) is 18.2 Å². The number of halogens is 2. The van der Waals surface area contributed by atoms with E-state index in [4.69, 9.17) is 28.3 Å². The molecule has 0 aliphatic rings. The Balaban J connectivity index is 2.04. The molecule has 6 nitrogen and oxygen atoms in total. The number of aryl methyl sites for hydroxylation is 1. The van der Waals surface area contributed by atoms with Crippen LogP contribution in [0.1, 0.15) is 10.5 Å². The molecule has 2 aromatic rings. The van der Waals surface area contributed by atoms with Crippen LogP contribution in [-0.2, 0) is 17.3 Å². The molecule has 1 atom stereocenters. The van der Waals surface area contributed by atoms with Gasteiger partial charge < -0.3 is 5.11 Å². The zero-order valence-corrected chi connectivity index (χ0v) is 12.3. The molecule has 2 rings (SSSR count). The van der Waals surface area contributed by atoms with Gasteiger partial charge in [0.2, 0.25) is 0 Å². The standard InChI is InChI=1S/C11H9Cl2N3O3S/c12-7-1-2-8(13)10(5-7)20(19)4-3-16-6-9(11(17)18)14-15-16/h1-2,5-6H,3-4H2,(H,17,18). The fraction of sp³-hybridized carbons (Fsp3) is 0.182. The van der Waals surface area contributed by atoms with E-state index in [-0.39, 0.29) is 18.0 Å². The molecule has 1 N–H and O–H groups in total. The van der Waals surface area contributed by atoms with Gasteiger partial charge >= 0.3 is 5.97 Å². The van der Waals surface area contributed by atoms with Gasteiger partial charge in [-0.15, -0.1) is 5.10 Å². The lowest BCUT2D eigenvalue weighted by atomic mass is 10.4. The van der Waals surface area contributed by atoms with Gasteiger partial charge in [0.15, 0.2) is 5.69 Å². The molecule has 1 heterocycles. The highest BCUT2D eigenvalue weighted by Gasteiger charge is 2.12. The molecule has 0 fully saturated rings. The zero-order chi connectivity index (χ0) is 14.7.